The van der Waals surface area contributed by atoms with E-state index in [1.54, 1.807) is 19.2 Å². The second kappa shape index (κ2) is 6.33. The highest BCUT2D eigenvalue weighted by molar-refractivity contribution is 6.48. The molecule has 0 aliphatic rings. The Labute approximate surface area is 127 Å². The van der Waals surface area contributed by atoms with E-state index in [1.807, 2.05) is 36.4 Å². The maximum absolute atomic E-state index is 5.97. The molecular formula is C15H11Cl3O. The van der Waals surface area contributed by atoms with Gasteiger partial charge in [0.1, 0.15) is 5.75 Å². The van der Waals surface area contributed by atoms with Crippen molar-refractivity contribution in [3.63, 3.8) is 0 Å². The first-order valence-electron chi connectivity index (χ1n) is 5.57. The van der Waals surface area contributed by atoms with Crippen molar-refractivity contribution in [2.24, 2.45) is 0 Å². The molecule has 0 spiro atoms. The SMILES string of the molecule is COc1ccc(/C=C/c2cc(Cl)c(Cl)c(Cl)c2)cc1. The van der Waals surface area contributed by atoms with Crippen molar-refractivity contribution >= 4 is 47.0 Å². The number of halogens is 3. The molecule has 0 atom stereocenters. The van der Waals surface area contributed by atoms with E-state index in [0.29, 0.717) is 15.1 Å². The zero-order valence-electron chi connectivity index (χ0n) is 10.2. The van der Waals surface area contributed by atoms with Gasteiger partial charge in [-0.25, -0.2) is 0 Å². The Hall–Kier alpha value is -1.15. The van der Waals surface area contributed by atoms with Gasteiger partial charge in [-0.1, -0.05) is 59.1 Å². The predicted octanol–water partition coefficient (Wildman–Crippen LogP) is 5.83. The van der Waals surface area contributed by atoms with Crippen LogP contribution in [-0.4, -0.2) is 7.11 Å². The highest BCUT2D eigenvalue weighted by Crippen LogP contribution is 2.31. The Kier molecular flexibility index (Phi) is 4.76. The molecule has 0 radical (unpaired) electrons. The van der Waals surface area contributed by atoms with Gasteiger partial charge >= 0.3 is 0 Å². The van der Waals surface area contributed by atoms with Crippen LogP contribution in [0.15, 0.2) is 36.4 Å². The number of hydrogen-bond acceptors (Lipinski definition) is 1. The highest BCUT2D eigenvalue weighted by atomic mass is 35.5. The maximum Gasteiger partial charge on any atom is 0.118 e. The van der Waals surface area contributed by atoms with E-state index in [1.165, 1.54) is 0 Å². The third-order valence-electron chi connectivity index (χ3n) is 2.59. The standard InChI is InChI=1S/C15H11Cl3O/c1-19-12-6-4-10(5-7-12)2-3-11-8-13(16)15(18)14(17)9-11/h2-9H,1H3/b3-2+. The van der Waals surface area contributed by atoms with Gasteiger partial charge in [0.2, 0.25) is 0 Å². The molecule has 0 aliphatic heterocycles. The van der Waals surface area contributed by atoms with Crippen molar-refractivity contribution in [3.05, 3.63) is 62.6 Å². The van der Waals surface area contributed by atoms with Crippen LogP contribution in [-0.2, 0) is 0 Å². The van der Waals surface area contributed by atoms with E-state index in [0.717, 1.165) is 16.9 Å². The molecular weight excluding hydrogens is 303 g/mol. The van der Waals surface area contributed by atoms with E-state index in [4.69, 9.17) is 39.5 Å². The molecule has 2 rings (SSSR count). The number of ether oxygens (including phenoxy) is 1. The van der Waals surface area contributed by atoms with E-state index in [2.05, 4.69) is 0 Å². The molecule has 0 amide bonds. The van der Waals surface area contributed by atoms with Gasteiger partial charge in [0, 0.05) is 0 Å². The average molecular weight is 314 g/mol. The summed E-state index contributed by atoms with van der Waals surface area (Å²) in [5.74, 6) is 0.828. The Morgan fingerprint density at radius 3 is 1.89 bits per heavy atom. The normalized spacial score (nSPS) is 10.9. The summed E-state index contributed by atoms with van der Waals surface area (Å²) >= 11 is 17.8. The molecule has 0 bridgehead atoms. The van der Waals surface area contributed by atoms with Gasteiger partial charge in [0.05, 0.1) is 22.2 Å². The minimum Gasteiger partial charge on any atom is -0.497 e. The van der Waals surface area contributed by atoms with Gasteiger partial charge in [0.25, 0.3) is 0 Å². The molecule has 2 aromatic rings. The Morgan fingerprint density at radius 2 is 1.37 bits per heavy atom. The quantitative estimate of drug-likeness (QED) is 0.512. The van der Waals surface area contributed by atoms with Gasteiger partial charge in [-0.3, -0.25) is 0 Å². The van der Waals surface area contributed by atoms with Gasteiger partial charge in [-0.2, -0.15) is 0 Å². The van der Waals surface area contributed by atoms with Crippen LogP contribution in [0.3, 0.4) is 0 Å². The van der Waals surface area contributed by atoms with Crippen LogP contribution < -0.4 is 4.74 Å². The minimum absolute atomic E-state index is 0.380. The molecule has 0 aliphatic carbocycles. The summed E-state index contributed by atoms with van der Waals surface area (Å²) in [7, 11) is 1.64. The Bertz CT molecular complexity index is 580. The highest BCUT2D eigenvalue weighted by Gasteiger charge is 2.03. The predicted molar refractivity (Wildman–Crippen MR) is 83.4 cm³/mol. The molecule has 19 heavy (non-hydrogen) atoms. The summed E-state index contributed by atoms with van der Waals surface area (Å²) < 4.78 is 5.10. The van der Waals surface area contributed by atoms with Gasteiger partial charge < -0.3 is 4.74 Å². The van der Waals surface area contributed by atoms with E-state index in [9.17, 15) is 0 Å². The molecule has 0 unspecified atom stereocenters. The molecule has 0 N–H and O–H groups in total. The molecule has 98 valence electrons. The van der Waals surface area contributed by atoms with Crippen LogP contribution in [0.5, 0.6) is 5.75 Å². The van der Waals surface area contributed by atoms with Crippen molar-refractivity contribution in [1.29, 1.82) is 0 Å². The lowest BCUT2D eigenvalue weighted by Gasteiger charge is -2.02. The fourth-order valence-electron chi connectivity index (χ4n) is 1.58. The molecule has 1 nitrogen and oxygen atoms in total. The summed E-state index contributed by atoms with van der Waals surface area (Å²) in [6, 6.07) is 11.3. The number of methoxy groups -OCH3 is 1. The van der Waals surface area contributed by atoms with Crippen molar-refractivity contribution in [2.75, 3.05) is 7.11 Å². The van der Waals surface area contributed by atoms with Crippen LogP contribution in [0.25, 0.3) is 12.2 Å². The zero-order valence-corrected chi connectivity index (χ0v) is 12.4. The van der Waals surface area contributed by atoms with Crippen LogP contribution in [0, 0.1) is 0 Å². The first-order chi connectivity index (χ1) is 9.10. The first kappa shape index (κ1) is 14.3. The van der Waals surface area contributed by atoms with Crippen molar-refractivity contribution < 1.29 is 4.74 Å². The lowest BCUT2D eigenvalue weighted by molar-refractivity contribution is 0.415. The number of benzene rings is 2. The average Bonchev–Trinajstić information content (AvgIpc) is 2.43. The summed E-state index contributed by atoms with van der Waals surface area (Å²) in [5, 5.41) is 1.28. The lowest BCUT2D eigenvalue weighted by atomic mass is 10.1. The molecule has 0 fully saturated rings. The smallest absolute Gasteiger partial charge is 0.118 e. The van der Waals surface area contributed by atoms with E-state index >= 15 is 0 Å². The summed E-state index contributed by atoms with van der Waals surface area (Å²) in [6.45, 7) is 0. The van der Waals surface area contributed by atoms with Crippen LogP contribution >= 0.6 is 34.8 Å². The Morgan fingerprint density at radius 1 is 0.842 bits per heavy atom. The first-order valence-corrected chi connectivity index (χ1v) is 6.70. The summed E-state index contributed by atoms with van der Waals surface area (Å²) in [4.78, 5) is 0. The van der Waals surface area contributed by atoms with Gasteiger partial charge in [-0.15, -0.1) is 0 Å². The van der Waals surface area contributed by atoms with Crippen LogP contribution in [0.1, 0.15) is 11.1 Å². The zero-order chi connectivity index (χ0) is 13.8. The number of hydrogen-bond donors (Lipinski definition) is 0. The van der Waals surface area contributed by atoms with Crippen LogP contribution in [0.4, 0.5) is 0 Å². The molecule has 0 saturated carbocycles. The van der Waals surface area contributed by atoms with Crippen molar-refractivity contribution in [2.45, 2.75) is 0 Å². The maximum atomic E-state index is 5.97. The largest absolute Gasteiger partial charge is 0.497 e. The fraction of sp³-hybridized carbons (Fsp3) is 0.0667. The fourth-order valence-corrected chi connectivity index (χ4v) is 2.19. The molecule has 0 saturated heterocycles. The van der Waals surface area contributed by atoms with Gasteiger partial charge in [-0.05, 0) is 35.4 Å². The molecule has 0 heterocycles. The lowest BCUT2D eigenvalue weighted by Crippen LogP contribution is -1.81. The van der Waals surface area contributed by atoms with Crippen LogP contribution in [0.2, 0.25) is 15.1 Å². The molecule has 4 heteroatoms. The number of rotatable bonds is 3. The minimum atomic E-state index is 0.380. The van der Waals surface area contributed by atoms with Crippen molar-refractivity contribution in [1.82, 2.24) is 0 Å². The monoisotopic (exact) mass is 312 g/mol. The van der Waals surface area contributed by atoms with E-state index in [-0.39, 0.29) is 0 Å². The summed E-state index contributed by atoms with van der Waals surface area (Å²) in [5.41, 5.74) is 1.96. The molecule has 2 aromatic carbocycles. The second-order valence-corrected chi connectivity index (χ2v) is 5.10. The van der Waals surface area contributed by atoms with E-state index < -0.39 is 0 Å². The molecule has 0 aromatic heterocycles. The van der Waals surface area contributed by atoms with Gasteiger partial charge in [0.15, 0.2) is 0 Å². The summed E-state index contributed by atoms with van der Waals surface area (Å²) in [6.07, 6.45) is 3.89. The van der Waals surface area contributed by atoms with Crippen molar-refractivity contribution in [3.8, 4) is 5.75 Å². The topological polar surface area (TPSA) is 9.23 Å². The third-order valence-corrected chi connectivity index (χ3v) is 3.79. The Balaban J connectivity index is 2.22. The second-order valence-electron chi connectivity index (χ2n) is 3.91. The third kappa shape index (κ3) is 3.66.